The van der Waals surface area contributed by atoms with Gasteiger partial charge in [0, 0.05) is 18.2 Å². The van der Waals surface area contributed by atoms with Crippen LogP contribution in [0.1, 0.15) is 71.7 Å². The summed E-state index contributed by atoms with van der Waals surface area (Å²) in [5, 5.41) is 8.40. The molecule has 4 aromatic rings. The number of ketones is 1. The van der Waals surface area contributed by atoms with Crippen molar-refractivity contribution in [2.24, 2.45) is 0 Å². The zero-order valence-electron chi connectivity index (χ0n) is 23.6. The number of fused-ring (bicyclic) bond motifs is 1. The molecule has 0 unspecified atom stereocenters. The Hall–Kier alpha value is -4.79. The lowest BCUT2D eigenvalue weighted by Gasteiger charge is -2.24. The van der Waals surface area contributed by atoms with E-state index in [4.69, 9.17) is 4.42 Å². The number of carbonyl (C=O) groups is 4. The fourth-order valence-electron chi connectivity index (χ4n) is 4.63. The standard InChI is InChI=1S/C32H34N4O5/c1-5-24(29(38)32-36-26-13-9-10-14-28(26)41-32)34-31(40)27(18-19(2)22-11-7-6-8-12-22)35-30(39)23-15-16-25(20(3)17-23)33-21(4)37/h6-17,19,24,27H,5,18H2,1-4H3,(H,33,37)(H,34,40)(H,35,39)/t19-,24-,27-/m0/s1. The van der Waals surface area contributed by atoms with Crippen molar-refractivity contribution in [3.05, 3.63) is 95.4 Å². The molecule has 0 aliphatic rings. The molecule has 0 radical (unpaired) electrons. The van der Waals surface area contributed by atoms with Gasteiger partial charge in [-0.2, -0.15) is 0 Å². The van der Waals surface area contributed by atoms with Crippen LogP contribution < -0.4 is 16.0 Å². The van der Waals surface area contributed by atoms with Gasteiger partial charge in [0.2, 0.25) is 17.6 Å². The van der Waals surface area contributed by atoms with E-state index in [0.29, 0.717) is 40.8 Å². The highest BCUT2D eigenvalue weighted by atomic mass is 16.4. The molecule has 0 aliphatic carbocycles. The Labute approximate surface area is 238 Å². The Morgan fingerprint density at radius 3 is 2.27 bits per heavy atom. The number of oxazole rings is 1. The average molecular weight is 555 g/mol. The molecule has 41 heavy (non-hydrogen) atoms. The van der Waals surface area contributed by atoms with E-state index in [1.165, 1.54) is 6.92 Å². The van der Waals surface area contributed by atoms with Crippen molar-refractivity contribution in [3.63, 3.8) is 0 Å². The molecular weight excluding hydrogens is 520 g/mol. The van der Waals surface area contributed by atoms with E-state index in [1.54, 1.807) is 56.3 Å². The summed E-state index contributed by atoms with van der Waals surface area (Å²) < 4.78 is 5.64. The average Bonchev–Trinajstić information content (AvgIpc) is 3.40. The molecule has 9 nitrogen and oxygen atoms in total. The van der Waals surface area contributed by atoms with E-state index in [-0.39, 0.29) is 17.7 Å². The van der Waals surface area contributed by atoms with Crippen LogP contribution in [0.2, 0.25) is 0 Å². The van der Waals surface area contributed by atoms with E-state index < -0.39 is 29.7 Å². The minimum absolute atomic E-state index is 0.0658. The molecular formula is C32H34N4O5. The Morgan fingerprint density at radius 1 is 0.902 bits per heavy atom. The third-order valence-electron chi connectivity index (χ3n) is 6.92. The molecule has 3 N–H and O–H groups in total. The van der Waals surface area contributed by atoms with Gasteiger partial charge in [0.1, 0.15) is 11.6 Å². The van der Waals surface area contributed by atoms with Crippen LogP contribution in [0.3, 0.4) is 0 Å². The Kier molecular flexibility index (Phi) is 9.29. The molecule has 3 atom stereocenters. The third kappa shape index (κ3) is 7.25. The van der Waals surface area contributed by atoms with Gasteiger partial charge < -0.3 is 20.4 Å². The third-order valence-corrected chi connectivity index (χ3v) is 6.92. The fourth-order valence-corrected chi connectivity index (χ4v) is 4.63. The minimum Gasteiger partial charge on any atom is -0.434 e. The van der Waals surface area contributed by atoms with Crippen LogP contribution in [0, 0.1) is 6.92 Å². The first kappa shape index (κ1) is 29.2. The van der Waals surface area contributed by atoms with Crippen LogP contribution >= 0.6 is 0 Å². The Morgan fingerprint density at radius 2 is 1.61 bits per heavy atom. The van der Waals surface area contributed by atoms with E-state index in [9.17, 15) is 19.2 Å². The second kappa shape index (κ2) is 13.0. The van der Waals surface area contributed by atoms with Crippen molar-refractivity contribution >= 4 is 40.3 Å². The molecule has 1 heterocycles. The maximum atomic E-state index is 13.6. The number of amides is 3. The van der Waals surface area contributed by atoms with Crippen LogP contribution in [-0.2, 0) is 9.59 Å². The maximum absolute atomic E-state index is 13.6. The molecule has 0 saturated carbocycles. The van der Waals surface area contributed by atoms with Crippen molar-refractivity contribution < 1.29 is 23.6 Å². The van der Waals surface area contributed by atoms with Gasteiger partial charge in [-0.15, -0.1) is 0 Å². The first-order chi connectivity index (χ1) is 19.7. The van der Waals surface area contributed by atoms with Gasteiger partial charge in [-0.05, 0) is 67.1 Å². The lowest BCUT2D eigenvalue weighted by atomic mass is 9.93. The quantitative estimate of drug-likeness (QED) is 0.220. The number of hydrogen-bond acceptors (Lipinski definition) is 6. The zero-order chi connectivity index (χ0) is 29.5. The van der Waals surface area contributed by atoms with Gasteiger partial charge in [-0.3, -0.25) is 19.2 Å². The zero-order valence-corrected chi connectivity index (χ0v) is 23.6. The van der Waals surface area contributed by atoms with Gasteiger partial charge in [-0.1, -0.05) is 56.3 Å². The molecule has 212 valence electrons. The lowest BCUT2D eigenvalue weighted by molar-refractivity contribution is -0.123. The molecule has 0 bridgehead atoms. The highest BCUT2D eigenvalue weighted by molar-refractivity contribution is 6.02. The maximum Gasteiger partial charge on any atom is 0.266 e. The number of rotatable bonds is 11. The van der Waals surface area contributed by atoms with Crippen molar-refractivity contribution in [1.29, 1.82) is 0 Å². The molecule has 4 rings (SSSR count). The van der Waals surface area contributed by atoms with Crippen molar-refractivity contribution in [3.8, 4) is 0 Å². The molecule has 0 spiro atoms. The van der Waals surface area contributed by atoms with E-state index in [0.717, 1.165) is 5.56 Å². The van der Waals surface area contributed by atoms with Crippen LogP contribution in [0.15, 0.2) is 77.2 Å². The highest BCUT2D eigenvalue weighted by Gasteiger charge is 2.30. The molecule has 0 saturated heterocycles. The minimum atomic E-state index is -0.932. The van der Waals surface area contributed by atoms with Gasteiger partial charge >= 0.3 is 0 Å². The number of nitrogens with zero attached hydrogens (tertiary/aromatic N) is 1. The summed E-state index contributed by atoms with van der Waals surface area (Å²) in [5.74, 6) is -1.72. The molecule has 1 aromatic heterocycles. The molecule has 0 aliphatic heterocycles. The van der Waals surface area contributed by atoms with Crippen LogP contribution in [0.5, 0.6) is 0 Å². The topological polar surface area (TPSA) is 130 Å². The second-order valence-corrected chi connectivity index (χ2v) is 10.1. The van der Waals surface area contributed by atoms with E-state index in [1.807, 2.05) is 37.3 Å². The SMILES string of the molecule is CC[C@H](NC(=O)[C@H](C[C@H](C)c1ccccc1)NC(=O)c1ccc(NC(C)=O)c(C)c1)C(=O)c1nc2ccccc2o1. The predicted octanol–water partition coefficient (Wildman–Crippen LogP) is 5.16. The molecule has 9 heteroatoms. The van der Waals surface area contributed by atoms with Gasteiger partial charge in [0.15, 0.2) is 5.58 Å². The van der Waals surface area contributed by atoms with Gasteiger partial charge in [-0.25, -0.2) is 4.98 Å². The largest absolute Gasteiger partial charge is 0.434 e. The smallest absolute Gasteiger partial charge is 0.266 e. The van der Waals surface area contributed by atoms with Crippen LogP contribution in [-0.4, -0.2) is 40.6 Å². The number of nitrogens with one attached hydrogen (secondary N) is 3. The summed E-state index contributed by atoms with van der Waals surface area (Å²) in [7, 11) is 0. The molecule has 3 amide bonds. The first-order valence-corrected chi connectivity index (χ1v) is 13.6. The summed E-state index contributed by atoms with van der Waals surface area (Å²) in [6, 6.07) is 19.8. The number of aryl methyl sites for hydroxylation is 1. The fraction of sp³-hybridized carbons (Fsp3) is 0.281. The van der Waals surface area contributed by atoms with Crippen molar-refractivity contribution in [2.75, 3.05) is 5.32 Å². The summed E-state index contributed by atoms with van der Waals surface area (Å²) >= 11 is 0. The van der Waals surface area contributed by atoms with Gasteiger partial charge in [0.05, 0.1) is 6.04 Å². The summed E-state index contributed by atoms with van der Waals surface area (Å²) in [4.78, 5) is 55.9. The predicted molar refractivity (Wildman–Crippen MR) is 157 cm³/mol. The summed E-state index contributed by atoms with van der Waals surface area (Å²) in [6.45, 7) is 6.96. The van der Waals surface area contributed by atoms with Gasteiger partial charge in [0.25, 0.3) is 11.8 Å². The number of aromatic nitrogens is 1. The monoisotopic (exact) mass is 554 g/mol. The van der Waals surface area contributed by atoms with E-state index in [2.05, 4.69) is 20.9 Å². The van der Waals surface area contributed by atoms with Crippen LogP contribution in [0.25, 0.3) is 11.1 Å². The molecule has 0 fully saturated rings. The highest BCUT2D eigenvalue weighted by Crippen LogP contribution is 2.22. The van der Waals surface area contributed by atoms with Crippen molar-refractivity contribution in [1.82, 2.24) is 15.6 Å². The Balaban J connectivity index is 1.54. The number of anilines is 1. The van der Waals surface area contributed by atoms with Crippen LogP contribution in [0.4, 0.5) is 5.69 Å². The normalized spacial score (nSPS) is 13.2. The lowest BCUT2D eigenvalue weighted by Crippen LogP contribution is -2.52. The number of hydrogen-bond donors (Lipinski definition) is 3. The number of carbonyl (C=O) groups excluding carboxylic acids is 4. The Bertz CT molecular complexity index is 1530. The van der Waals surface area contributed by atoms with E-state index >= 15 is 0 Å². The number of benzene rings is 3. The summed E-state index contributed by atoms with van der Waals surface area (Å²) in [5.41, 5.74) is 3.71. The number of para-hydroxylation sites is 2. The molecule has 3 aromatic carbocycles. The van der Waals surface area contributed by atoms with Crippen molar-refractivity contribution in [2.45, 2.75) is 58.5 Å². The second-order valence-electron chi connectivity index (χ2n) is 10.1. The summed E-state index contributed by atoms with van der Waals surface area (Å²) in [6.07, 6.45) is 0.611. The number of Topliss-reactive ketones (excluding diaryl/α,β-unsaturated/α-hetero) is 1. The first-order valence-electron chi connectivity index (χ1n) is 13.6.